The molecule has 0 atom stereocenters. The van der Waals surface area contributed by atoms with Gasteiger partial charge in [-0.25, -0.2) is 4.39 Å². The molecule has 2 rings (SSSR count). The molecule has 1 heterocycles. The van der Waals surface area contributed by atoms with Crippen LogP contribution in [0.4, 0.5) is 4.39 Å². The molecule has 0 aliphatic rings. The molecule has 116 valence electrons. The number of nitrogens with one attached hydrogen (secondary N) is 3. The molecule has 0 saturated heterocycles. The van der Waals surface area contributed by atoms with Crippen molar-refractivity contribution in [1.29, 1.82) is 0 Å². The summed E-state index contributed by atoms with van der Waals surface area (Å²) in [6.45, 7) is 0. The Morgan fingerprint density at radius 3 is 2.73 bits per heavy atom. The minimum absolute atomic E-state index is 0.160. The Kier molecular flexibility index (Phi) is 6.02. The van der Waals surface area contributed by atoms with Gasteiger partial charge in [-0.1, -0.05) is 12.1 Å². The van der Waals surface area contributed by atoms with Crippen LogP contribution in [0, 0.1) is 5.82 Å². The normalized spacial score (nSPS) is 10.3. The molecule has 3 N–H and O–H groups in total. The summed E-state index contributed by atoms with van der Waals surface area (Å²) < 4.78 is 14.1. The van der Waals surface area contributed by atoms with Gasteiger partial charge in [0.1, 0.15) is 11.5 Å². The van der Waals surface area contributed by atoms with Gasteiger partial charge in [-0.2, -0.15) is 0 Å². The van der Waals surface area contributed by atoms with Gasteiger partial charge in [0.2, 0.25) is 5.91 Å². The van der Waals surface area contributed by atoms with Crippen LogP contribution in [-0.4, -0.2) is 22.6 Å². The van der Waals surface area contributed by atoms with Crippen molar-refractivity contribution in [2.24, 2.45) is 0 Å². The van der Waals surface area contributed by atoms with Gasteiger partial charge in [0, 0.05) is 27.7 Å². The van der Waals surface area contributed by atoms with Crippen molar-refractivity contribution in [3.8, 4) is 0 Å². The summed E-state index contributed by atoms with van der Waals surface area (Å²) in [5.74, 6) is -0.682. The second-order valence-electron chi connectivity index (χ2n) is 4.26. The molecule has 0 saturated carbocycles. The molecule has 22 heavy (non-hydrogen) atoms. The minimum Gasteiger partial charge on any atom is -0.356 e. The Morgan fingerprint density at radius 2 is 2.05 bits per heavy atom. The van der Waals surface area contributed by atoms with E-state index in [1.54, 1.807) is 30.5 Å². The molecular formula is C14H13BrFN3O2S. The van der Waals surface area contributed by atoms with Crippen LogP contribution >= 0.6 is 27.7 Å². The first-order valence-electron chi connectivity index (χ1n) is 6.36. The molecule has 5 nitrogen and oxygen atoms in total. The van der Waals surface area contributed by atoms with Crippen LogP contribution in [0.5, 0.6) is 0 Å². The van der Waals surface area contributed by atoms with Gasteiger partial charge in [-0.15, -0.1) is 11.8 Å². The second-order valence-corrected chi connectivity index (χ2v) is 6.32. The highest BCUT2D eigenvalue weighted by atomic mass is 79.9. The van der Waals surface area contributed by atoms with Gasteiger partial charge in [0.05, 0.1) is 0 Å². The van der Waals surface area contributed by atoms with Crippen LogP contribution in [0.2, 0.25) is 0 Å². The fourth-order valence-corrected chi connectivity index (χ4v) is 2.80. The predicted octanol–water partition coefficient (Wildman–Crippen LogP) is 2.86. The number of rotatable bonds is 5. The highest BCUT2D eigenvalue weighted by Gasteiger charge is 2.09. The van der Waals surface area contributed by atoms with E-state index in [1.165, 1.54) is 17.8 Å². The summed E-state index contributed by atoms with van der Waals surface area (Å²) in [5, 5.41) is 0. The number of hydrogen-bond acceptors (Lipinski definition) is 3. The minimum atomic E-state index is -0.444. The Hall–Kier alpha value is -1.80. The van der Waals surface area contributed by atoms with E-state index in [0.29, 0.717) is 16.3 Å². The van der Waals surface area contributed by atoms with E-state index in [4.69, 9.17) is 0 Å². The van der Waals surface area contributed by atoms with E-state index in [9.17, 15) is 14.0 Å². The van der Waals surface area contributed by atoms with E-state index in [1.807, 2.05) is 0 Å². The van der Waals surface area contributed by atoms with Gasteiger partial charge in [-0.3, -0.25) is 20.4 Å². The zero-order valence-corrected chi connectivity index (χ0v) is 13.8. The summed E-state index contributed by atoms with van der Waals surface area (Å²) in [5.41, 5.74) is 4.94. The summed E-state index contributed by atoms with van der Waals surface area (Å²) in [6.07, 6.45) is 1.77. The molecule has 0 radical (unpaired) electrons. The summed E-state index contributed by atoms with van der Waals surface area (Å²) in [7, 11) is 0. The standard InChI is InChI=1S/C14H13BrFN3O2S/c15-9-7-11(17-8-9)14(21)19-18-13(20)5-6-22-12-4-2-1-3-10(12)16/h1-4,7-8,17H,5-6H2,(H,18,20)(H,19,21). The maximum absolute atomic E-state index is 13.4. The number of hydrazine groups is 1. The molecule has 0 bridgehead atoms. The number of aromatic amines is 1. The van der Waals surface area contributed by atoms with Crippen molar-refractivity contribution in [1.82, 2.24) is 15.8 Å². The van der Waals surface area contributed by atoms with Crippen molar-refractivity contribution < 1.29 is 14.0 Å². The van der Waals surface area contributed by atoms with Crippen LogP contribution in [0.15, 0.2) is 45.9 Å². The molecule has 0 spiro atoms. The number of thioether (sulfide) groups is 1. The SMILES string of the molecule is O=C(CCSc1ccccc1F)NNC(=O)c1cc(Br)c[nH]1. The first-order valence-corrected chi connectivity index (χ1v) is 8.14. The van der Waals surface area contributed by atoms with Gasteiger partial charge in [0.15, 0.2) is 0 Å². The molecule has 2 amide bonds. The zero-order valence-electron chi connectivity index (χ0n) is 11.4. The van der Waals surface area contributed by atoms with E-state index >= 15 is 0 Å². The molecule has 1 aromatic carbocycles. The molecule has 0 aliphatic heterocycles. The number of halogens is 2. The van der Waals surface area contributed by atoms with Crippen molar-refractivity contribution in [3.05, 3.63) is 52.5 Å². The first-order chi connectivity index (χ1) is 10.6. The topological polar surface area (TPSA) is 74.0 Å². The number of benzene rings is 1. The number of carbonyl (C=O) groups excluding carboxylic acids is 2. The molecule has 8 heteroatoms. The summed E-state index contributed by atoms with van der Waals surface area (Å²) >= 11 is 4.46. The average molecular weight is 386 g/mol. The quantitative estimate of drug-likeness (QED) is 0.547. The number of amides is 2. The van der Waals surface area contributed by atoms with Crippen LogP contribution in [0.1, 0.15) is 16.9 Å². The maximum atomic E-state index is 13.4. The van der Waals surface area contributed by atoms with E-state index in [0.717, 1.165) is 4.47 Å². The Labute approximate surface area is 139 Å². The monoisotopic (exact) mass is 385 g/mol. The average Bonchev–Trinajstić information content (AvgIpc) is 2.93. The smallest absolute Gasteiger partial charge is 0.286 e. The molecule has 0 aliphatic carbocycles. The second kappa shape index (κ2) is 8.00. The highest BCUT2D eigenvalue weighted by Crippen LogP contribution is 2.21. The fraction of sp³-hybridized carbons (Fsp3) is 0.143. The third kappa shape index (κ3) is 4.88. The molecule has 1 aromatic heterocycles. The van der Waals surface area contributed by atoms with Crippen LogP contribution in [-0.2, 0) is 4.79 Å². The van der Waals surface area contributed by atoms with Crippen molar-refractivity contribution in [2.45, 2.75) is 11.3 Å². The summed E-state index contributed by atoms with van der Waals surface area (Å²) in [6, 6.07) is 7.97. The van der Waals surface area contributed by atoms with E-state index < -0.39 is 5.91 Å². The highest BCUT2D eigenvalue weighted by molar-refractivity contribution is 9.10. The molecule has 2 aromatic rings. The lowest BCUT2D eigenvalue weighted by Gasteiger charge is -2.06. The predicted molar refractivity (Wildman–Crippen MR) is 85.8 cm³/mol. The van der Waals surface area contributed by atoms with Crippen molar-refractivity contribution in [3.63, 3.8) is 0 Å². The van der Waals surface area contributed by atoms with Gasteiger partial charge in [0.25, 0.3) is 5.91 Å². The number of aromatic nitrogens is 1. The van der Waals surface area contributed by atoms with Gasteiger partial charge >= 0.3 is 0 Å². The molecular weight excluding hydrogens is 373 g/mol. The van der Waals surface area contributed by atoms with Gasteiger partial charge < -0.3 is 4.98 Å². The Balaban J connectivity index is 1.70. The third-order valence-electron chi connectivity index (χ3n) is 2.63. The first kappa shape index (κ1) is 16.6. The lowest BCUT2D eigenvalue weighted by molar-refractivity contribution is -0.121. The Bertz CT molecular complexity index is 678. The third-order valence-corrected chi connectivity index (χ3v) is 4.14. The summed E-state index contributed by atoms with van der Waals surface area (Å²) in [4.78, 5) is 26.5. The zero-order chi connectivity index (χ0) is 15.9. The van der Waals surface area contributed by atoms with Crippen molar-refractivity contribution >= 4 is 39.5 Å². The number of hydrogen-bond donors (Lipinski definition) is 3. The largest absolute Gasteiger partial charge is 0.356 e. The van der Waals surface area contributed by atoms with Crippen LogP contribution in [0.3, 0.4) is 0 Å². The van der Waals surface area contributed by atoms with Crippen LogP contribution in [0.25, 0.3) is 0 Å². The molecule has 0 fully saturated rings. The van der Waals surface area contributed by atoms with E-state index in [-0.39, 0.29) is 18.1 Å². The molecule has 0 unspecified atom stereocenters. The maximum Gasteiger partial charge on any atom is 0.286 e. The van der Waals surface area contributed by atoms with Crippen LogP contribution < -0.4 is 10.9 Å². The fourth-order valence-electron chi connectivity index (χ4n) is 1.57. The van der Waals surface area contributed by atoms with Gasteiger partial charge in [-0.05, 0) is 34.1 Å². The number of carbonyl (C=O) groups is 2. The van der Waals surface area contributed by atoms with Crippen molar-refractivity contribution in [2.75, 3.05) is 5.75 Å². The van der Waals surface area contributed by atoms with E-state index in [2.05, 4.69) is 31.8 Å². The Morgan fingerprint density at radius 1 is 1.27 bits per heavy atom. The lowest BCUT2D eigenvalue weighted by atomic mass is 10.3. The lowest BCUT2D eigenvalue weighted by Crippen LogP contribution is -2.41. The number of H-pyrrole nitrogens is 1.